The highest BCUT2D eigenvalue weighted by Gasteiger charge is 2.25. The van der Waals surface area contributed by atoms with E-state index in [1.54, 1.807) is 38.1 Å². The summed E-state index contributed by atoms with van der Waals surface area (Å²) in [5.74, 6) is 0. The molecule has 3 aromatic rings. The minimum absolute atomic E-state index is 0.345. The van der Waals surface area contributed by atoms with Crippen molar-refractivity contribution in [1.82, 2.24) is 3.97 Å². The molecule has 0 bridgehead atoms. The minimum atomic E-state index is -3.55. The van der Waals surface area contributed by atoms with Gasteiger partial charge in [-0.05, 0) is 32.0 Å². The number of fused-ring (bicyclic) bond motifs is 1. The van der Waals surface area contributed by atoms with Crippen LogP contribution < -0.4 is 0 Å². The van der Waals surface area contributed by atoms with Gasteiger partial charge in [0, 0.05) is 10.9 Å². The average Bonchev–Trinajstić information content (AvgIpc) is 2.89. The second-order valence-corrected chi connectivity index (χ2v) is 8.67. The standard InChI is InChI=1S/C17H15Cl2NO2S/c1-11(2)23(21,22)20-15-9-4-3-6-12(15)10-16(20)13-7-5-8-14(18)17(13)19/h3-11H,1-2H3. The number of para-hydroxylation sites is 1. The Balaban J connectivity index is 2.45. The van der Waals surface area contributed by atoms with Crippen LogP contribution in [0.1, 0.15) is 13.8 Å². The highest BCUT2D eigenvalue weighted by Crippen LogP contribution is 2.37. The molecule has 0 atom stereocenters. The van der Waals surface area contributed by atoms with Gasteiger partial charge in [-0.15, -0.1) is 0 Å². The Kier molecular flexibility index (Phi) is 4.17. The zero-order valence-corrected chi connectivity index (χ0v) is 15.0. The first-order valence-corrected chi connectivity index (χ1v) is 9.39. The van der Waals surface area contributed by atoms with Crippen molar-refractivity contribution < 1.29 is 8.42 Å². The van der Waals surface area contributed by atoms with Crippen molar-refractivity contribution in [1.29, 1.82) is 0 Å². The first-order valence-electron chi connectivity index (χ1n) is 7.13. The summed E-state index contributed by atoms with van der Waals surface area (Å²) >= 11 is 12.4. The monoisotopic (exact) mass is 367 g/mol. The number of halogens is 2. The van der Waals surface area contributed by atoms with Crippen molar-refractivity contribution in [3.05, 3.63) is 58.6 Å². The highest BCUT2D eigenvalue weighted by atomic mass is 35.5. The van der Waals surface area contributed by atoms with Gasteiger partial charge in [0.15, 0.2) is 0 Å². The summed E-state index contributed by atoms with van der Waals surface area (Å²) in [5.41, 5.74) is 1.75. The Bertz CT molecular complexity index is 991. The third kappa shape index (κ3) is 2.65. The van der Waals surface area contributed by atoms with Gasteiger partial charge in [-0.1, -0.05) is 53.5 Å². The van der Waals surface area contributed by atoms with Gasteiger partial charge >= 0.3 is 0 Å². The molecule has 0 saturated heterocycles. The van der Waals surface area contributed by atoms with Crippen LogP contribution in [0.25, 0.3) is 22.2 Å². The topological polar surface area (TPSA) is 39.1 Å². The molecule has 1 aromatic heterocycles. The van der Waals surface area contributed by atoms with E-state index in [9.17, 15) is 8.42 Å². The van der Waals surface area contributed by atoms with E-state index in [2.05, 4.69) is 0 Å². The summed E-state index contributed by atoms with van der Waals surface area (Å²) < 4.78 is 27.1. The average molecular weight is 368 g/mol. The number of rotatable bonds is 3. The second kappa shape index (κ2) is 5.86. The smallest absolute Gasteiger partial charge is 0.237 e. The lowest BCUT2D eigenvalue weighted by atomic mass is 10.1. The summed E-state index contributed by atoms with van der Waals surface area (Å²) in [6.07, 6.45) is 0. The molecule has 3 nitrogen and oxygen atoms in total. The van der Waals surface area contributed by atoms with Crippen LogP contribution in [0, 0.1) is 0 Å². The van der Waals surface area contributed by atoms with Crippen molar-refractivity contribution in [3.63, 3.8) is 0 Å². The molecule has 0 saturated carbocycles. The normalized spacial score (nSPS) is 12.2. The summed E-state index contributed by atoms with van der Waals surface area (Å²) in [5, 5.41) is 1.01. The second-order valence-electron chi connectivity index (χ2n) is 5.55. The van der Waals surface area contributed by atoms with Gasteiger partial charge in [-0.25, -0.2) is 12.4 Å². The van der Waals surface area contributed by atoms with Gasteiger partial charge < -0.3 is 0 Å². The van der Waals surface area contributed by atoms with Gasteiger partial charge in [0.05, 0.1) is 26.5 Å². The number of benzene rings is 2. The maximum absolute atomic E-state index is 12.9. The Morgan fingerprint density at radius 1 is 1.00 bits per heavy atom. The number of aromatic nitrogens is 1. The van der Waals surface area contributed by atoms with Crippen LogP contribution in [0.5, 0.6) is 0 Å². The van der Waals surface area contributed by atoms with Gasteiger partial charge in [-0.3, -0.25) is 0 Å². The fraction of sp³-hybridized carbons (Fsp3) is 0.176. The maximum atomic E-state index is 12.9. The van der Waals surface area contributed by atoms with Gasteiger partial charge in [0.25, 0.3) is 0 Å². The van der Waals surface area contributed by atoms with E-state index in [4.69, 9.17) is 23.2 Å². The van der Waals surface area contributed by atoms with Crippen LogP contribution in [0.15, 0.2) is 48.5 Å². The predicted molar refractivity (Wildman–Crippen MR) is 96.8 cm³/mol. The van der Waals surface area contributed by atoms with E-state index in [0.29, 0.717) is 26.8 Å². The van der Waals surface area contributed by atoms with Crippen molar-refractivity contribution in [3.8, 4) is 11.3 Å². The Labute approximate surface area is 145 Å². The number of hydrogen-bond donors (Lipinski definition) is 0. The lowest BCUT2D eigenvalue weighted by Gasteiger charge is -2.15. The van der Waals surface area contributed by atoms with Crippen LogP contribution in [0.4, 0.5) is 0 Å². The number of hydrogen-bond acceptors (Lipinski definition) is 2. The molecule has 120 valence electrons. The highest BCUT2D eigenvalue weighted by molar-refractivity contribution is 7.90. The van der Waals surface area contributed by atoms with Crippen molar-refractivity contribution >= 4 is 44.1 Å². The van der Waals surface area contributed by atoms with E-state index < -0.39 is 15.3 Å². The third-order valence-electron chi connectivity index (χ3n) is 3.74. The fourth-order valence-electron chi connectivity index (χ4n) is 2.50. The van der Waals surface area contributed by atoms with Gasteiger partial charge in [0.1, 0.15) is 0 Å². The molecular formula is C17H15Cl2NO2S. The first-order chi connectivity index (χ1) is 10.8. The minimum Gasteiger partial charge on any atom is -0.237 e. The molecule has 1 heterocycles. The van der Waals surface area contributed by atoms with Gasteiger partial charge in [0.2, 0.25) is 10.0 Å². The molecule has 3 rings (SSSR count). The lowest BCUT2D eigenvalue weighted by molar-refractivity contribution is 0.580. The molecule has 0 spiro atoms. The molecule has 2 aromatic carbocycles. The quantitative estimate of drug-likeness (QED) is 0.637. The van der Waals surface area contributed by atoms with E-state index in [1.165, 1.54) is 3.97 Å². The van der Waals surface area contributed by atoms with E-state index in [1.807, 2.05) is 24.3 Å². The molecule has 6 heteroatoms. The third-order valence-corrected chi connectivity index (χ3v) is 6.66. The van der Waals surface area contributed by atoms with Crippen LogP contribution in [0.3, 0.4) is 0 Å². The van der Waals surface area contributed by atoms with Crippen molar-refractivity contribution in [2.45, 2.75) is 19.1 Å². The molecule has 0 unspecified atom stereocenters. The predicted octanol–water partition coefficient (Wildman–Crippen LogP) is 5.20. The Morgan fingerprint density at radius 3 is 2.39 bits per heavy atom. The van der Waals surface area contributed by atoms with Crippen LogP contribution in [-0.4, -0.2) is 17.6 Å². The summed E-state index contributed by atoms with van der Waals surface area (Å²) in [6.45, 7) is 3.32. The summed E-state index contributed by atoms with van der Waals surface area (Å²) in [6, 6.07) is 14.4. The van der Waals surface area contributed by atoms with Gasteiger partial charge in [-0.2, -0.15) is 0 Å². The lowest BCUT2D eigenvalue weighted by Crippen LogP contribution is -2.23. The SMILES string of the molecule is CC(C)S(=O)(=O)n1c(-c2cccc(Cl)c2Cl)cc2ccccc21. The van der Waals surface area contributed by atoms with Crippen molar-refractivity contribution in [2.75, 3.05) is 0 Å². The van der Waals surface area contributed by atoms with Crippen LogP contribution >= 0.6 is 23.2 Å². The molecule has 0 radical (unpaired) electrons. The summed E-state index contributed by atoms with van der Waals surface area (Å²) in [4.78, 5) is 0. The molecule has 0 fully saturated rings. The maximum Gasteiger partial charge on any atom is 0.241 e. The summed E-state index contributed by atoms with van der Waals surface area (Å²) in [7, 11) is -3.55. The Morgan fingerprint density at radius 2 is 1.70 bits per heavy atom. The zero-order chi connectivity index (χ0) is 16.8. The van der Waals surface area contributed by atoms with Crippen LogP contribution in [-0.2, 0) is 10.0 Å². The molecule has 0 amide bonds. The largest absolute Gasteiger partial charge is 0.241 e. The molecule has 23 heavy (non-hydrogen) atoms. The fourth-order valence-corrected chi connectivity index (χ4v) is 4.19. The van der Waals surface area contributed by atoms with Crippen molar-refractivity contribution in [2.24, 2.45) is 0 Å². The molecule has 0 aliphatic carbocycles. The first kappa shape index (κ1) is 16.4. The Hall–Kier alpha value is -1.49. The molecule has 0 N–H and O–H groups in total. The van der Waals surface area contributed by atoms with Crippen LogP contribution in [0.2, 0.25) is 10.0 Å². The molecule has 0 aliphatic rings. The van der Waals surface area contributed by atoms with E-state index >= 15 is 0 Å². The molecular weight excluding hydrogens is 353 g/mol. The number of nitrogens with zero attached hydrogens (tertiary/aromatic N) is 1. The van der Waals surface area contributed by atoms with E-state index in [0.717, 1.165) is 5.39 Å². The zero-order valence-electron chi connectivity index (χ0n) is 12.6. The van der Waals surface area contributed by atoms with E-state index in [-0.39, 0.29) is 0 Å². The molecule has 0 aliphatic heterocycles.